The second kappa shape index (κ2) is 5.93. The predicted molar refractivity (Wildman–Crippen MR) is 70.9 cm³/mol. The number of rotatable bonds is 2. The third kappa shape index (κ3) is 2.98. The number of hydrogen-bond donors (Lipinski definition) is 1. The lowest BCUT2D eigenvalue weighted by atomic mass is 10.0. The average Bonchev–Trinajstić information content (AvgIpc) is 2.38. The lowest BCUT2D eigenvalue weighted by molar-refractivity contribution is -0.128. The zero-order valence-corrected chi connectivity index (χ0v) is 11.3. The molecule has 0 spiro atoms. The molecule has 0 radical (unpaired) electrons. The Hall–Kier alpha value is -1.75. The van der Waals surface area contributed by atoms with Crippen molar-refractivity contribution in [1.29, 1.82) is 0 Å². The van der Waals surface area contributed by atoms with Crippen molar-refractivity contribution in [2.75, 3.05) is 19.7 Å². The fraction of sp³-hybridized carbons (Fsp3) is 0.385. The Morgan fingerprint density at radius 3 is 3.05 bits per heavy atom. The summed E-state index contributed by atoms with van der Waals surface area (Å²) in [5.41, 5.74) is 0.678. The second-order valence-electron chi connectivity index (χ2n) is 4.14. The third-order valence-corrected chi connectivity index (χ3v) is 3.11. The maximum absolute atomic E-state index is 12.0. The molecule has 0 aliphatic carbocycles. The molecule has 1 aromatic rings. The molecule has 0 aromatic heterocycles. The SMILES string of the molecule is CCOC(=O)N1CCNC(=O)C1c1cccc(Cl)c1. The number of piperazine rings is 1. The standard InChI is InChI=1S/C13H15ClN2O3/c1-2-19-13(18)16-7-6-15-12(17)11(16)9-4-3-5-10(14)8-9/h3-5,8,11H,2,6-7H2,1H3,(H,15,17). The second-order valence-corrected chi connectivity index (χ2v) is 4.58. The molecule has 0 saturated carbocycles. The Kier molecular flexibility index (Phi) is 4.27. The summed E-state index contributed by atoms with van der Waals surface area (Å²) in [6.07, 6.45) is -0.484. The van der Waals surface area contributed by atoms with Gasteiger partial charge < -0.3 is 10.1 Å². The van der Waals surface area contributed by atoms with Gasteiger partial charge in [0.05, 0.1) is 6.61 Å². The summed E-state index contributed by atoms with van der Waals surface area (Å²) in [5.74, 6) is -0.221. The molecule has 1 heterocycles. The fourth-order valence-electron chi connectivity index (χ4n) is 2.08. The highest BCUT2D eigenvalue weighted by molar-refractivity contribution is 6.30. The van der Waals surface area contributed by atoms with Crippen LogP contribution in [0.1, 0.15) is 18.5 Å². The summed E-state index contributed by atoms with van der Waals surface area (Å²) >= 11 is 5.93. The van der Waals surface area contributed by atoms with Crippen LogP contribution in [0.15, 0.2) is 24.3 Å². The number of amides is 2. The number of carbonyl (C=O) groups excluding carboxylic acids is 2. The maximum Gasteiger partial charge on any atom is 0.410 e. The Balaban J connectivity index is 2.31. The van der Waals surface area contributed by atoms with Crippen molar-refractivity contribution in [2.24, 2.45) is 0 Å². The van der Waals surface area contributed by atoms with E-state index in [1.165, 1.54) is 4.90 Å². The maximum atomic E-state index is 12.0. The first-order chi connectivity index (χ1) is 9.13. The van der Waals surface area contributed by atoms with Crippen molar-refractivity contribution in [3.05, 3.63) is 34.9 Å². The van der Waals surface area contributed by atoms with E-state index >= 15 is 0 Å². The van der Waals surface area contributed by atoms with Crippen molar-refractivity contribution >= 4 is 23.6 Å². The quantitative estimate of drug-likeness (QED) is 0.902. The van der Waals surface area contributed by atoms with Gasteiger partial charge >= 0.3 is 6.09 Å². The first-order valence-corrected chi connectivity index (χ1v) is 6.48. The fourth-order valence-corrected chi connectivity index (χ4v) is 2.28. The van der Waals surface area contributed by atoms with Crippen LogP contribution in [-0.4, -0.2) is 36.6 Å². The smallest absolute Gasteiger partial charge is 0.410 e. The van der Waals surface area contributed by atoms with Gasteiger partial charge in [-0.1, -0.05) is 23.7 Å². The van der Waals surface area contributed by atoms with Crippen molar-refractivity contribution in [1.82, 2.24) is 10.2 Å². The molecule has 6 heteroatoms. The van der Waals surface area contributed by atoms with E-state index in [4.69, 9.17) is 16.3 Å². The van der Waals surface area contributed by atoms with E-state index in [0.29, 0.717) is 23.7 Å². The molecule has 5 nitrogen and oxygen atoms in total. The minimum atomic E-state index is -0.688. The first-order valence-electron chi connectivity index (χ1n) is 6.10. The molecular weight excluding hydrogens is 268 g/mol. The van der Waals surface area contributed by atoms with Crippen LogP contribution in [0.4, 0.5) is 4.79 Å². The van der Waals surface area contributed by atoms with Crippen molar-refractivity contribution in [3.8, 4) is 0 Å². The van der Waals surface area contributed by atoms with Gasteiger partial charge in [0.2, 0.25) is 5.91 Å². The Morgan fingerprint density at radius 2 is 2.37 bits per heavy atom. The largest absolute Gasteiger partial charge is 0.450 e. The van der Waals surface area contributed by atoms with E-state index in [9.17, 15) is 9.59 Å². The highest BCUT2D eigenvalue weighted by Gasteiger charge is 2.35. The molecule has 102 valence electrons. The van der Waals surface area contributed by atoms with Gasteiger partial charge in [0, 0.05) is 18.1 Å². The Labute approximate surface area is 116 Å². The molecule has 1 unspecified atom stereocenters. The molecule has 0 bridgehead atoms. The number of benzene rings is 1. The molecule has 1 atom stereocenters. The highest BCUT2D eigenvalue weighted by atomic mass is 35.5. The highest BCUT2D eigenvalue weighted by Crippen LogP contribution is 2.26. The number of nitrogens with zero attached hydrogens (tertiary/aromatic N) is 1. The van der Waals surface area contributed by atoms with Crippen LogP contribution in [0.25, 0.3) is 0 Å². The van der Waals surface area contributed by atoms with Gasteiger partial charge in [0.1, 0.15) is 6.04 Å². The number of carbonyl (C=O) groups is 2. The summed E-state index contributed by atoms with van der Waals surface area (Å²) in [4.78, 5) is 25.3. The van der Waals surface area contributed by atoms with Crippen molar-refractivity contribution in [2.45, 2.75) is 13.0 Å². The average molecular weight is 283 g/mol. The lowest BCUT2D eigenvalue weighted by Crippen LogP contribution is -2.52. The predicted octanol–water partition coefficient (Wildman–Crippen LogP) is 1.97. The van der Waals surface area contributed by atoms with Crippen LogP contribution in [-0.2, 0) is 9.53 Å². The zero-order valence-electron chi connectivity index (χ0n) is 10.6. The summed E-state index contributed by atoms with van der Waals surface area (Å²) in [6.45, 7) is 2.85. The summed E-state index contributed by atoms with van der Waals surface area (Å²) in [5, 5.41) is 3.27. The molecule has 19 heavy (non-hydrogen) atoms. The molecule has 1 aliphatic rings. The van der Waals surface area contributed by atoms with E-state index in [-0.39, 0.29) is 12.5 Å². The van der Waals surface area contributed by atoms with Crippen LogP contribution >= 0.6 is 11.6 Å². The van der Waals surface area contributed by atoms with E-state index in [0.717, 1.165) is 0 Å². The van der Waals surface area contributed by atoms with E-state index < -0.39 is 12.1 Å². The third-order valence-electron chi connectivity index (χ3n) is 2.88. The molecule has 1 saturated heterocycles. The van der Waals surface area contributed by atoms with Crippen LogP contribution in [0.5, 0.6) is 0 Å². The summed E-state index contributed by atoms with van der Waals surface area (Å²) in [7, 11) is 0. The van der Waals surface area contributed by atoms with E-state index in [1.54, 1.807) is 31.2 Å². The molecule has 1 fully saturated rings. The number of nitrogens with one attached hydrogen (secondary N) is 1. The normalized spacial score (nSPS) is 18.9. The van der Waals surface area contributed by atoms with Crippen LogP contribution < -0.4 is 5.32 Å². The Bertz CT molecular complexity index is 493. The molecule has 1 aromatic carbocycles. The molecule has 2 amide bonds. The minimum Gasteiger partial charge on any atom is -0.450 e. The molecule has 2 rings (SSSR count). The van der Waals surface area contributed by atoms with Gasteiger partial charge in [-0.2, -0.15) is 0 Å². The van der Waals surface area contributed by atoms with Gasteiger partial charge in [-0.15, -0.1) is 0 Å². The lowest BCUT2D eigenvalue weighted by Gasteiger charge is -2.34. The minimum absolute atomic E-state index is 0.221. The van der Waals surface area contributed by atoms with Gasteiger partial charge in [-0.3, -0.25) is 9.69 Å². The van der Waals surface area contributed by atoms with Crippen LogP contribution in [0.3, 0.4) is 0 Å². The Morgan fingerprint density at radius 1 is 1.58 bits per heavy atom. The summed E-state index contributed by atoms with van der Waals surface area (Å²) in [6, 6.07) is 6.24. The van der Waals surface area contributed by atoms with Crippen molar-refractivity contribution < 1.29 is 14.3 Å². The van der Waals surface area contributed by atoms with E-state index in [1.807, 2.05) is 0 Å². The monoisotopic (exact) mass is 282 g/mol. The van der Waals surface area contributed by atoms with E-state index in [2.05, 4.69) is 5.32 Å². The first kappa shape index (κ1) is 13.7. The molecule has 1 N–H and O–H groups in total. The van der Waals surface area contributed by atoms with Gasteiger partial charge in [-0.25, -0.2) is 4.79 Å². The van der Waals surface area contributed by atoms with Gasteiger partial charge in [-0.05, 0) is 24.6 Å². The number of hydrogen-bond acceptors (Lipinski definition) is 3. The van der Waals surface area contributed by atoms with Gasteiger partial charge in [0.25, 0.3) is 0 Å². The zero-order chi connectivity index (χ0) is 13.8. The number of halogens is 1. The molecular formula is C13H15ClN2O3. The van der Waals surface area contributed by atoms with Crippen LogP contribution in [0.2, 0.25) is 5.02 Å². The number of ether oxygens (including phenoxy) is 1. The van der Waals surface area contributed by atoms with Crippen molar-refractivity contribution in [3.63, 3.8) is 0 Å². The summed E-state index contributed by atoms with van der Waals surface area (Å²) < 4.78 is 4.99. The van der Waals surface area contributed by atoms with Gasteiger partial charge in [0.15, 0.2) is 0 Å². The topological polar surface area (TPSA) is 58.6 Å². The van der Waals surface area contributed by atoms with Crippen LogP contribution in [0, 0.1) is 0 Å². The molecule has 1 aliphatic heterocycles.